The Kier molecular flexibility index (Phi) is 6.07. The van der Waals surface area contributed by atoms with Crippen molar-refractivity contribution in [1.82, 2.24) is 10.6 Å². The maximum absolute atomic E-state index is 11.9. The second-order valence-electron chi connectivity index (χ2n) is 4.19. The molecular weight excluding hydrogens is 262 g/mol. The van der Waals surface area contributed by atoms with E-state index in [4.69, 9.17) is 5.26 Å². The lowest BCUT2D eigenvalue weighted by atomic mass is 10.1. The van der Waals surface area contributed by atoms with Crippen molar-refractivity contribution in [2.24, 2.45) is 0 Å². The number of nitrogens with one attached hydrogen (secondary N) is 2. The summed E-state index contributed by atoms with van der Waals surface area (Å²) in [6.07, 6.45) is 3.09. The van der Waals surface area contributed by atoms with Crippen molar-refractivity contribution in [3.8, 4) is 6.07 Å². The van der Waals surface area contributed by atoms with Gasteiger partial charge in [0, 0.05) is 18.7 Å². The van der Waals surface area contributed by atoms with Crippen LogP contribution < -0.4 is 10.6 Å². The SMILES string of the molecule is Cl.N#Cc1ccc(C(=O)NCC2=CCNCC2)cc1. The lowest BCUT2D eigenvalue weighted by molar-refractivity contribution is 0.0956. The van der Waals surface area contributed by atoms with Gasteiger partial charge in [-0.3, -0.25) is 4.79 Å². The summed E-state index contributed by atoms with van der Waals surface area (Å²) in [6, 6.07) is 8.67. The number of carbonyl (C=O) groups excluding carboxylic acids is 1. The van der Waals surface area contributed by atoms with Gasteiger partial charge in [0.2, 0.25) is 0 Å². The third-order valence-electron chi connectivity index (χ3n) is 2.91. The van der Waals surface area contributed by atoms with Gasteiger partial charge in [0.05, 0.1) is 11.6 Å². The van der Waals surface area contributed by atoms with Crippen molar-refractivity contribution in [1.29, 1.82) is 5.26 Å². The van der Waals surface area contributed by atoms with Gasteiger partial charge in [-0.15, -0.1) is 12.4 Å². The number of amides is 1. The molecule has 0 radical (unpaired) electrons. The molecule has 5 heteroatoms. The molecule has 1 aliphatic heterocycles. The van der Waals surface area contributed by atoms with E-state index in [1.165, 1.54) is 5.57 Å². The molecule has 2 N–H and O–H groups in total. The first-order valence-corrected chi connectivity index (χ1v) is 5.96. The van der Waals surface area contributed by atoms with Gasteiger partial charge in [0.1, 0.15) is 0 Å². The Balaban J connectivity index is 0.00000180. The summed E-state index contributed by atoms with van der Waals surface area (Å²) in [5.41, 5.74) is 2.41. The molecule has 4 nitrogen and oxygen atoms in total. The molecule has 0 saturated carbocycles. The molecule has 19 heavy (non-hydrogen) atoms. The van der Waals surface area contributed by atoms with Crippen molar-refractivity contribution in [3.63, 3.8) is 0 Å². The highest BCUT2D eigenvalue weighted by molar-refractivity contribution is 5.94. The Morgan fingerprint density at radius 2 is 2.11 bits per heavy atom. The first-order valence-electron chi connectivity index (χ1n) is 5.96. The average molecular weight is 278 g/mol. The standard InChI is InChI=1S/C14H15N3O.ClH/c15-9-11-1-3-13(4-2-11)14(18)17-10-12-5-7-16-8-6-12;/h1-5,16H,6-8,10H2,(H,17,18);1H. The quantitative estimate of drug-likeness (QED) is 0.826. The third kappa shape index (κ3) is 4.40. The lowest BCUT2D eigenvalue weighted by Crippen LogP contribution is -2.29. The van der Waals surface area contributed by atoms with Gasteiger partial charge >= 0.3 is 0 Å². The van der Waals surface area contributed by atoms with Gasteiger partial charge < -0.3 is 10.6 Å². The van der Waals surface area contributed by atoms with Gasteiger partial charge in [-0.2, -0.15) is 5.26 Å². The van der Waals surface area contributed by atoms with E-state index < -0.39 is 0 Å². The number of carbonyl (C=O) groups is 1. The summed E-state index contributed by atoms with van der Waals surface area (Å²) in [6.45, 7) is 2.45. The van der Waals surface area contributed by atoms with Gasteiger partial charge in [-0.05, 0) is 37.2 Å². The molecule has 0 aromatic heterocycles. The molecule has 0 aliphatic carbocycles. The van der Waals surface area contributed by atoms with Crippen LogP contribution in [0.4, 0.5) is 0 Å². The fourth-order valence-corrected chi connectivity index (χ4v) is 1.82. The van der Waals surface area contributed by atoms with Gasteiger partial charge in [-0.25, -0.2) is 0 Å². The largest absolute Gasteiger partial charge is 0.348 e. The molecule has 100 valence electrons. The molecule has 2 rings (SSSR count). The van der Waals surface area contributed by atoms with Gasteiger partial charge in [0.15, 0.2) is 0 Å². The zero-order chi connectivity index (χ0) is 12.8. The van der Waals surface area contributed by atoms with Crippen LogP contribution in [0.1, 0.15) is 22.3 Å². The second-order valence-corrected chi connectivity index (χ2v) is 4.19. The van der Waals surface area contributed by atoms with Crippen molar-refractivity contribution >= 4 is 18.3 Å². The minimum Gasteiger partial charge on any atom is -0.348 e. The Labute approximate surface area is 118 Å². The monoisotopic (exact) mass is 277 g/mol. The highest BCUT2D eigenvalue weighted by Crippen LogP contribution is 2.05. The van der Waals surface area contributed by atoms with Crippen molar-refractivity contribution in [2.45, 2.75) is 6.42 Å². The summed E-state index contributed by atoms with van der Waals surface area (Å²) < 4.78 is 0. The van der Waals surface area contributed by atoms with E-state index in [1.807, 2.05) is 6.07 Å². The van der Waals surface area contributed by atoms with Crippen LogP contribution in [0.3, 0.4) is 0 Å². The Morgan fingerprint density at radius 1 is 1.37 bits per heavy atom. The van der Waals surface area contributed by atoms with Crippen molar-refractivity contribution in [3.05, 3.63) is 47.0 Å². The summed E-state index contributed by atoms with van der Waals surface area (Å²) >= 11 is 0. The summed E-state index contributed by atoms with van der Waals surface area (Å²) in [5, 5.41) is 14.8. The van der Waals surface area contributed by atoms with E-state index in [0.29, 0.717) is 17.7 Å². The molecule has 0 saturated heterocycles. The van der Waals surface area contributed by atoms with Crippen LogP contribution in [0.15, 0.2) is 35.9 Å². The predicted molar refractivity (Wildman–Crippen MR) is 76.3 cm³/mol. The molecule has 0 fully saturated rings. The van der Waals surface area contributed by atoms with Gasteiger partial charge in [0.25, 0.3) is 5.91 Å². The smallest absolute Gasteiger partial charge is 0.251 e. The molecular formula is C14H16ClN3O. The van der Waals surface area contributed by atoms with E-state index in [1.54, 1.807) is 24.3 Å². The topological polar surface area (TPSA) is 64.9 Å². The van der Waals surface area contributed by atoms with E-state index in [-0.39, 0.29) is 18.3 Å². The van der Waals surface area contributed by atoms with Crippen LogP contribution in [0, 0.1) is 11.3 Å². The normalized spacial score (nSPS) is 13.7. The van der Waals surface area contributed by atoms with Crippen LogP contribution in [-0.2, 0) is 0 Å². The minimum absolute atomic E-state index is 0. The van der Waals surface area contributed by atoms with Crippen molar-refractivity contribution in [2.75, 3.05) is 19.6 Å². The zero-order valence-corrected chi connectivity index (χ0v) is 11.3. The van der Waals surface area contributed by atoms with Crippen LogP contribution in [0.2, 0.25) is 0 Å². The van der Waals surface area contributed by atoms with E-state index >= 15 is 0 Å². The number of halogens is 1. The fraction of sp³-hybridized carbons (Fsp3) is 0.286. The number of nitriles is 1. The molecule has 0 spiro atoms. The number of hydrogen-bond acceptors (Lipinski definition) is 3. The molecule has 1 aliphatic rings. The van der Waals surface area contributed by atoms with E-state index in [9.17, 15) is 4.79 Å². The van der Waals surface area contributed by atoms with Gasteiger partial charge in [-0.1, -0.05) is 11.6 Å². The first kappa shape index (κ1) is 15.2. The molecule has 1 amide bonds. The molecule has 0 atom stereocenters. The molecule has 1 aromatic rings. The Morgan fingerprint density at radius 3 is 2.68 bits per heavy atom. The number of nitrogens with zero attached hydrogens (tertiary/aromatic N) is 1. The van der Waals surface area contributed by atoms with Crippen LogP contribution in [0.5, 0.6) is 0 Å². The first-order chi connectivity index (χ1) is 8.79. The number of hydrogen-bond donors (Lipinski definition) is 2. The minimum atomic E-state index is -0.0982. The van der Waals surface area contributed by atoms with E-state index in [0.717, 1.165) is 19.5 Å². The fourth-order valence-electron chi connectivity index (χ4n) is 1.82. The third-order valence-corrected chi connectivity index (χ3v) is 2.91. The average Bonchev–Trinajstić information content (AvgIpc) is 2.46. The van der Waals surface area contributed by atoms with Crippen LogP contribution in [-0.4, -0.2) is 25.5 Å². The number of benzene rings is 1. The Hall–Kier alpha value is -1.83. The maximum Gasteiger partial charge on any atom is 0.251 e. The molecule has 0 unspecified atom stereocenters. The van der Waals surface area contributed by atoms with Crippen LogP contribution in [0.25, 0.3) is 0 Å². The summed E-state index contributed by atoms with van der Waals surface area (Å²) in [4.78, 5) is 11.9. The Bertz CT molecular complexity index is 502. The molecule has 1 heterocycles. The van der Waals surface area contributed by atoms with E-state index in [2.05, 4.69) is 16.7 Å². The highest BCUT2D eigenvalue weighted by atomic mass is 35.5. The highest BCUT2D eigenvalue weighted by Gasteiger charge is 2.07. The van der Waals surface area contributed by atoms with Crippen molar-refractivity contribution < 1.29 is 4.79 Å². The molecule has 0 bridgehead atoms. The second kappa shape index (κ2) is 7.57. The predicted octanol–water partition coefficient (Wildman–Crippen LogP) is 1.63. The summed E-state index contributed by atoms with van der Waals surface area (Å²) in [5.74, 6) is -0.0982. The maximum atomic E-state index is 11.9. The van der Waals surface area contributed by atoms with Crippen LogP contribution >= 0.6 is 12.4 Å². The number of rotatable bonds is 3. The summed E-state index contributed by atoms with van der Waals surface area (Å²) in [7, 11) is 0. The zero-order valence-electron chi connectivity index (χ0n) is 10.5. The lowest BCUT2D eigenvalue weighted by Gasteiger charge is -2.14. The molecule has 1 aromatic carbocycles.